The van der Waals surface area contributed by atoms with Crippen LogP contribution in [0.25, 0.3) is 0 Å². The molecule has 5 heteroatoms. The number of carbonyl (C=O) groups excluding carboxylic acids is 1. The Balaban J connectivity index is 1.57. The molecule has 1 aliphatic heterocycles. The molecule has 0 spiro atoms. The quantitative estimate of drug-likeness (QED) is 0.793. The van der Waals surface area contributed by atoms with Gasteiger partial charge in [0.05, 0.1) is 18.3 Å². The van der Waals surface area contributed by atoms with Crippen molar-refractivity contribution in [3.8, 4) is 0 Å². The third-order valence-corrected chi connectivity index (χ3v) is 5.43. The van der Waals surface area contributed by atoms with E-state index in [1.165, 1.54) is 0 Å². The smallest absolute Gasteiger partial charge is 0.251 e. The number of aliphatic hydroxyl groups is 1. The first kappa shape index (κ1) is 18.4. The maximum Gasteiger partial charge on any atom is 0.251 e. The van der Waals surface area contributed by atoms with E-state index in [1.807, 2.05) is 38.1 Å². The molecule has 0 unspecified atom stereocenters. The second-order valence-electron chi connectivity index (χ2n) is 7.92. The highest BCUT2D eigenvalue weighted by molar-refractivity contribution is 5.94. The third kappa shape index (κ3) is 4.22. The first-order chi connectivity index (χ1) is 11.9. The number of amides is 1. The highest BCUT2D eigenvalue weighted by atomic mass is 16.5. The lowest BCUT2D eigenvalue weighted by atomic mass is 9.67. The van der Waals surface area contributed by atoms with E-state index in [1.54, 1.807) is 7.11 Å². The van der Waals surface area contributed by atoms with Crippen LogP contribution in [-0.2, 0) is 15.9 Å². The monoisotopic (exact) mass is 347 g/mol. The molecule has 2 N–H and O–H groups in total. The van der Waals surface area contributed by atoms with Crippen molar-refractivity contribution < 1.29 is 19.4 Å². The molecule has 0 aromatic heterocycles. The van der Waals surface area contributed by atoms with Crippen LogP contribution in [-0.4, -0.2) is 49.1 Å². The van der Waals surface area contributed by atoms with Gasteiger partial charge in [-0.1, -0.05) is 12.1 Å². The molecule has 2 aliphatic rings. The number of carbonyl (C=O) groups is 1. The second-order valence-corrected chi connectivity index (χ2v) is 7.92. The summed E-state index contributed by atoms with van der Waals surface area (Å²) in [7, 11) is 1.69. The van der Waals surface area contributed by atoms with Gasteiger partial charge in [0, 0.05) is 37.2 Å². The van der Waals surface area contributed by atoms with Crippen LogP contribution in [0, 0.1) is 11.8 Å². The fraction of sp³-hybridized carbons (Fsp3) is 0.650. The van der Waals surface area contributed by atoms with E-state index in [-0.39, 0.29) is 24.0 Å². The Morgan fingerprint density at radius 1 is 1.36 bits per heavy atom. The number of fused-ring (bicyclic) bond motifs is 1. The topological polar surface area (TPSA) is 67.8 Å². The van der Waals surface area contributed by atoms with E-state index in [2.05, 4.69) is 5.32 Å². The summed E-state index contributed by atoms with van der Waals surface area (Å²) in [6, 6.07) is 7.80. The molecule has 1 aromatic rings. The molecule has 25 heavy (non-hydrogen) atoms. The van der Waals surface area contributed by atoms with Gasteiger partial charge < -0.3 is 19.9 Å². The van der Waals surface area contributed by atoms with Crippen LogP contribution in [0.1, 0.15) is 42.6 Å². The number of rotatable bonds is 7. The van der Waals surface area contributed by atoms with Gasteiger partial charge in [-0.3, -0.25) is 4.79 Å². The van der Waals surface area contributed by atoms with Crippen LogP contribution >= 0.6 is 0 Å². The van der Waals surface area contributed by atoms with Crippen molar-refractivity contribution in [2.24, 2.45) is 11.8 Å². The van der Waals surface area contributed by atoms with Gasteiger partial charge in [0.25, 0.3) is 5.91 Å². The van der Waals surface area contributed by atoms with Gasteiger partial charge in [0.2, 0.25) is 0 Å². The molecular weight excluding hydrogens is 318 g/mol. The van der Waals surface area contributed by atoms with Gasteiger partial charge in [-0.05, 0) is 50.8 Å². The zero-order valence-corrected chi connectivity index (χ0v) is 15.3. The molecule has 1 heterocycles. The Kier molecular flexibility index (Phi) is 5.46. The molecule has 2 fully saturated rings. The normalized spacial score (nSPS) is 28.3. The minimum absolute atomic E-state index is 0.0366. The molecule has 0 radical (unpaired) electrons. The van der Waals surface area contributed by atoms with E-state index < -0.39 is 5.60 Å². The van der Waals surface area contributed by atoms with Gasteiger partial charge in [0.15, 0.2) is 0 Å². The lowest BCUT2D eigenvalue weighted by molar-refractivity contribution is -0.0809. The molecule has 1 amide bonds. The average Bonchev–Trinajstić information content (AvgIpc) is 3.00. The van der Waals surface area contributed by atoms with E-state index in [9.17, 15) is 9.90 Å². The zero-order chi connectivity index (χ0) is 18.0. The van der Waals surface area contributed by atoms with Crippen LogP contribution < -0.4 is 5.32 Å². The van der Waals surface area contributed by atoms with Crippen molar-refractivity contribution in [2.75, 3.05) is 20.3 Å². The highest BCUT2D eigenvalue weighted by Gasteiger charge is 2.54. The number of hydrogen-bond donors (Lipinski definition) is 2. The van der Waals surface area contributed by atoms with E-state index in [0.717, 1.165) is 25.0 Å². The van der Waals surface area contributed by atoms with Crippen molar-refractivity contribution in [1.29, 1.82) is 0 Å². The summed E-state index contributed by atoms with van der Waals surface area (Å²) < 4.78 is 11.0. The number of methoxy groups -OCH3 is 1. The molecule has 1 aliphatic carbocycles. The van der Waals surface area contributed by atoms with Crippen molar-refractivity contribution >= 4 is 5.91 Å². The second kappa shape index (κ2) is 7.44. The molecule has 138 valence electrons. The minimum Gasteiger partial charge on any atom is -0.390 e. The molecule has 5 nitrogen and oxygen atoms in total. The molecule has 1 saturated heterocycles. The summed E-state index contributed by atoms with van der Waals surface area (Å²) >= 11 is 0. The van der Waals surface area contributed by atoms with Gasteiger partial charge >= 0.3 is 0 Å². The summed E-state index contributed by atoms with van der Waals surface area (Å²) in [6.45, 7) is 5.01. The Labute approximate surface area is 149 Å². The van der Waals surface area contributed by atoms with Crippen molar-refractivity contribution in [3.63, 3.8) is 0 Å². The lowest BCUT2D eigenvalue weighted by Crippen LogP contribution is -2.62. The Bertz CT molecular complexity index is 593. The summed E-state index contributed by atoms with van der Waals surface area (Å²) in [6.07, 6.45) is 2.73. The molecule has 0 bridgehead atoms. The molecular formula is C20H29NO4. The Morgan fingerprint density at radius 3 is 2.72 bits per heavy atom. The number of benzene rings is 1. The van der Waals surface area contributed by atoms with Crippen LogP contribution in [0.15, 0.2) is 24.3 Å². The highest BCUT2D eigenvalue weighted by Crippen LogP contribution is 2.43. The fourth-order valence-electron chi connectivity index (χ4n) is 3.94. The third-order valence-electron chi connectivity index (χ3n) is 5.43. The maximum atomic E-state index is 12.6. The van der Waals surface area contributed by atoms with Crippen LogP contribution in [0.2, 0.25) is 0 Å². The summed E-state index contributed by atoms with van der Waals surface area (Å²) in [5.41, 5.74) is 1.13. The van der Waals surface area contributed by atoms with Gasteiger partial charge in [0.1, 0.15) is 0 Å². The largest absolute Gasteiger partial charge is 0.390 e. The first-order valence-corrected chi connectivity index (χ1v) is 9.12. The first-order valence-electron chi connectivity index (χ1n) is 9.12. The standard InChI is InChI=1S/C20H29NO4/c1-20(2,23)10-8-13-4-6-14(7-5-13)19(22)21-17-15-9-11-25-18(15)16(17)12-24-3/h4-7,15-18,23H,8-12H2,1-3H3,(H,21,22)/t15-,16+,17+,18-/m0/s1. The minimum atomic E-state index is -0.670. The summed E-state index contributed by atoms with van der Waals surface area (Å²) in [5, 5.41) is 13.0. The molecule has 1 saturated carbocycles. The maximum absolute atomic E-state index is 12.6. The van der Waals surface area contributed by atoms with Crippen molar-refractivity contribution in [1.82, 2.24) is 5.32 Å². The average molecular weight is 347 g/mol. The van der Waals surface area contributed by atoms with Crippen LogP contribution in [0.3, 0.4) is 0 Å². The van der Waals surface area contributed by atoms with E-state index >= 15 is 0 Å². The SMILES string of the molecule is COC[C@@H]1[C@H](NC(=O)c2ccc(CCC(C)(C)O)cc2)[C@@H]2CCO[C@H]12. The number of ether oxygens (including phenoxy) is 2. The van der Waals surface area contributed by atoms with Gasteiger partial charge in [-0.15, -0.1) is 0 Å². The number of nitrogens with one attached hydrogen (secondary N) is 1. The Hall–Kier alpha value is -1.43. The summed E-state index contributed by atoms with van der Waals surface area (Å²) in [5.74, 6) is 0.619. The zero-order valence-electron chi connectivity index (χ0n) is 15.3. The van der Waals surface area contributed by atoms with Crippen molar-refractivity contribution in [2.45, 2.75) is 50.9 Å². The number of hydrogen-bond acceptors (Lipinski definition) is 4. The van der Waals surface area contributed by atoms with E-state index in [0.29, 0.717) is 24.5 Å². The Morgan fingerprint density at radius 2 is 2.08 bits per heavy atom. The fourth-order valence-corrected chi connectivity index (χ4v) is 3.94. The van der Waals surface area contributed by atoms with Crippen LogP contribution in [0.5, 0.6) is 0 Å². The lowest BCUT2D eigenvalue weighted by Gasteiger charge is -2.47. The number of aryl methyl sites for hydroxylation is 1. The predicted molar refractivity (Wildman–Crippen MR) is 95.5 cm³/mol. The molecule has 1 aromatic carbocycles. The van der Waals surface area contributed by atoms with Crippen molar-refractivity contribution in [3.05, 3.63) is 35.4 Å². The van der Waals surface area contributed by atoms with E-state index in [4.69, 9.17) is 9.47 Å². The molecule has 3 rings (SSSR count). The van der Waals surface area contributed by atoms with Crippen LogP contribution in [0.4, 0.5) is 0 Å². The van der Waals surface area contributed by atoms with Gasteiger partial charge in [-0.25, -0.2) is 0 Å². The predicted octanol–water partition coefficient (Wildman–Crippen LogP) is 2.17. The molecule has 4 atom stereocenters. The van der Waals surface area contributed by atoms with Gasteiger partial charge in [-0.2, -0.15) is 0 Å². The summed E-state index contributed by atoms with van der Waals surface area (Å²) in [4.78, 5) is 12.6.